The number of nitrogens with zero attached hydrogens (tertiary/aromatic N) is 3. The van der Waals surface area contributed by atoms with Crippen LogP contribution in [-0.2, 0) is 4.74 Å². The number of halogens is 1. The fourth-order valence-corrected chi connectivity index (χ4v) is 2.13. The average Bonchev–Trinajstić information content (AvgIpc) is 2.91. The number of ether oxygens (including phenoxy) is 1. The van der Waals surface area contributed by atoms with Crippen molar-refractivity contribution in [2.45, 2.75) is 0 Å². The standard InChI is InChI=1S/C14H10ClN3O2/c1-20-14(19)11-6-5-9-10(16-11)3-2-4-12(9)18-8-7-13(15)17-18/h2-8H,1H3. The van der Waals surface area contributed by atoms with Crippen molar-refractivity contribution in [3.05, 3.63) is 53.4 Å². The molecule has 6 heteroatoms. The van der Waals surface area contributed by atoms with Crippen LogP contribution in [0.25, 0.3) is 16.6 Å². The Morgan fingerprint density at radius 2 is 2.10 bits per heavy atom. The number of benzene rings is 1. The summed E-state index contributed by atoms with van der Waals surface area (Å²) in [5.74, 6) is -0.459. The zero-order valence-corrected chi connectivity index (χ0v) is 11.3. The lowest BCUT2D eigenvalue weighted by Crippen LogP contribution is -2.04. The van der Waals surface area contributed by atoms with Gasteiger partial charge in [0.1, 0.15) is 5.69 Å². The van der Waals surface area contributed by atoms with Crippen molar-refractivity contribution in [2.75, 3.05) is 7.11 Å². The molecule has 2 heterocycles. The number of hydrogen-bond donors (Lipinski definition) is 0. The van der Waals surface area contributed by atoms with E-state index in [2.05, 4.69) is 14.8 Å². The Labute approximate surface area is 119 Å². The molecule has 0 N–H and O–H groups in total. The van der Waals surface area contributed by atoms with Gasteiger partial charge < -0.3 is 4.74 Å². The SMILES string of the molecule is COC(=O)c1ccc2c(-n3ccc(Cl)n3)cccc2n1. The van der Waals surface area contributed by atoms with Gasteiger partial charge in [0.2, 0.25) is 0 Å². The van der Waals surface area contributed by atoms with E-state index in [1.165, 1.54) is 7.11 Å². The molecule has 5 nitrogen and oxygen atoms in total. The molecule has 3 rings (SSSR count). The first-order valence-corrected chi connectivity index (χ1v) is 6.26. The third-order valence-corrected chi connectivity index (χ3v) is 3.11. The molecule has 1 aromatic carbocycles. The van der Waals surface area contributed by atoms with Gasteiger partial charge in [0.15, 0.2) is 5.15 Å². The van der Waals surface area contributed by atoms with Crippen LogP contribution in [0.2, 0.25) is 5.15 Å². The van der Waals surface area contributed by atoms with Gasteiger partial charge in [0, 0.05) is 11.6 Å². The highest BCUT2D eigenvalue weighted by molar-refractivity contribution is 6.29. The number of esters is 1. The second kappa shape index (κ2) is 4.94. The van der Waals surface area contributed by atoms with Gasteiger partial charge in [-0.15, -0.1) is 0 Å². The Hall–Kier alpha value is -2.40. The molecule has 0 amide bonds. The minimum atomic E-state index is -0.459. The molecular weight excluding hydrogens is 278 g/mol. The fourth-order valence-electron chi connectivity index (χ4n) is 1.99. The van der Waals surface area contributed by atoms with E-state index in [4.69, 9.17) is 11.6 Å². The van der Waals surface area contributed by atoms with E-state index in [1.807, 2.05) is 24.3 Å². The van der Waals surface area contributed by atoms with Crippen molar-refractivity contribution >= 4 is 28.5 Å². The average molecular weight is 288 g/mol. The summed E-state index contributed by atoms with van der Waals surface area (Å²) < 4.78 is 6.34. The summed E-state index contributed by atoms with van der Waals surface area (Å²) in [5, 5.41) is 5.46. The van der Waals surface area contributed by atoms with Crippen LogP contribution >= 0.6 is 11.6 Å². The lowest BCUT2D eigenvalue weighted by atomic mass is 10.1. The molecule has 0 saturated heterocycles. The molecule has 0 aliphatic heterocycles. The van der Waals surface area contributed by atoms with Gasteiger partial charge in [0.25, 0.3) is 0 Å². The highest BCUT2D eigenvalue weighted by atomic mass is 35.5. The van der Waals surface area contributed by atoms with Gasteiger partial charge in [0.05, 0.1) is 18.3 Å². The quantitative estimate of drug-likeness (QED) is 0.680. The molecule has 0 radical (unpaired) electrons. The van der Waals surface area contributed by atoms with Gasteiger partial charge in [-0.05, 0) is 30.3 Å². The number of carbonyl (C=O) groups excluding carboxylic acids is 1. The Kier molecular flexibility index (Phi) is 3.12. The largest absolute Gasteiger partial charge is 0.464 e. The van der Waals surface area contributed by atoms with E-state index in [1.54, 1.807) is 23.0 Å². The molecule has 0 unspecified atom stereocenters. The van der Waals surface area contributed by atoms with E-state index < -0.39 is 5.97 Å². The van der Waals surface area contributed by atoms with Gasteiger partial charge in [-0.25, -0.2) is 14.5 Å². The number of hydrogen-bond acceptors (Lipinski definition) is 4. The molecule has 2 aromatic heterocycles. The number of rotatable bonds is 2. The van der Waals surface area contributed by atoms with Crippen LogP contribution in [0.1, 0.15) is 10.5 Å². The van der Waals surface area contributed by atoms with Crippen molar-refractivity contribution in [3.63, 3.8) is 0 Å². The zero-order valence-electron chi connectivity index (χ0n) is 10.6. The highest BCUT2D eigenvalue weighted by Gasteiger charge is 2.10. The van der Waals surface area contributed by atoms with Crippen molar-refractivity contribution in [2.24, 2.45) is 0 Å². The van der Waals surface area contributed by atoms with Crippen molar-refractivity contribution in [1.29, 1.82) is 0 Å². The number of methoxy groups -OCH3 is 1. The van der Waals surface area contributed by atoms with Crippen LogP contribution in [0, 0.1) is 0 Å². The van der Waals surface area contributed by atoms with Crippen molar-refractivity contribution in [1.82, 2.24) is 14.8 Å². The van der Waals surface area contributed by atoms with E-state index in [-0.39, 0.29) is 5.69 Å². The maximum absolute atomic E-state index is 11.5. The van der Waals surface area contributed by atoms with Crippen LogP contribution in [0.15, 0.2) is 42.6 Å². The summed E-state index contributed by atoms with van der Waals surface area (Å²) in [6.45, 7) is 0. The summed E-state index contributed by atoms with van der Waals surface area (Å²) in [7, 11) is 1.33. The minimum absolute atomic E-state index is 0.274. The van der Waals surface area contributed by atoms with Crippen LogP contribution in [0.4, 0.5) is 0 Å². The summed E-state index contributed by atoms with van der Waals surface area (Å²) in [4.78, 5) is 15.8. The Bertz CT molecular complexity index is 798. The predicted molar refractivity (Wildman–Crippen MR) is 75.2 cm³/mol. The molecule has 0 saturated carbocycles. The molecule has 0 aliphatic carbocycles. The normalized spacial score (nSPS) is 10.7. The summed E-state index contributed by atoms with van der Waals surface area (Å²) in [5.41, 5.74) is 1.81. The zero-order chi connectivity index (χ0) is 14.1. The van der Waals surface area contributed by atoms with Gasteiger partial charge in [-0.2, -0.15) is 5.10 Å². The molecule has 100 valence electrons. The van der Waals surface area contributed by atoms with E-state index in [9.17, 15) is 4.79 Å². The summed E-state index contributed by atoms with van der Waals surface area (Å²) >= 11 is 5.84. The third-order valence-electron chi connectivity index (χ3n) is 2.91. The minimum Gasteiger partial charge on any atom is -0.464 e. The molecule has 0 atom stereocenters. The number of fused-ring (bicyclic) bond motifs is 1. The molecule has 0 aliphatic rings. The predicted octanol–water partition coefficient (Wildman–Crippen LogP) is 2.86. The first-order valence-electron chi connectivity index (χ1n) is 5.88. The molecule has 0 bridgehead atoms. The Morgan fingerprint density at radius 1 is 1.25 bits per heavy atom. The molecule has 0 fully saturated rings. The highest BCUT2D eigenvalue weighted by Crippen LogP contribution is 2.22. The Morgan fingerprint density at radius 3 is 2.80 bits per heavy atom. The second-order valence-corrected chi connectivity index (χ2v) is 4.50. The van der Waals surface area contributed by atoms with Gasteiger partial charge >= 0.3 is 5.97 Å². The molecular formula is C14H10ClN3O2. The van der Waals surface area contributed by atoms with E-state index >= 15 is 0 Å². The first kappa shape index (κ1) is 12.6. The van der Waals surface area contributed by atoms with Crippen LogP contribution in [0.3, 0.4) is 0 Å². The topological polar surface area (TPSA) is 57.0 Å². The van der Waals surface area contributed by atoms with Crippen LogP contribution < -0.4 is 0 Å². The van der Waals surface area contributed by atoms with Crippen LogP contribution in [0.5, 0.6) is 0 Å². The van der Waals surface area contributed by atoms with Crippen LogP contribution in [-0.4, -0.2) is 27.8 Å². The molecule has 3 aromatic rings. The molecule has 20 heavy (non-hydrogen) atoms. The first-order chi connectivity index (χ1) is 9.69. The smallest absolute Gasteiger partial charge is 0.356 e. The molecule has 0 spiro atoms. The van der Waals surface area contributed by atoms with E-state index in [0.717, 1.165) is 11.1 Å². The number of aromatic nitrogens is 3. The van der Waals surface area contributed by atoms with Crippen molar-refractivity contribution < 1.29 is 9.53 Å². The lowest BCUT2D eigenvalue weighted by molar-refractivity contribution is 0.0594. The number of carbonyl (C=O) groups is 1. The maximum atomic E-state index is 11.5. The summed E-state index contributed by atoms with van der Waals surface area (Å²) in [6.07, 6.45) is 1.77. The fraction of sp³-hybridized carbons (Fsp3) is 0.0714. The summed E-state index contributed by atoms with van der Waals surface area (Å²) in [6, 6.07) is 10.7. The Balaban J connectivity index is 2.18. The third kappa shape index (κ3) is 2.12. The van der Waals surface area contributed by atoms with Crippen molar-refractivity contribution in [3.8, 4) is 5.69 Å². The van der Waals surface area contributed by atoms with Gasteiger partial charge in [-0.1, -0.05) is 17.7 Å². The number of pyridine rings is 1. The maximum Gasteiger partial charge on any atom is 0.356 e. The van der Waals surface area contributed by atoms with Gasteiger partial charge in [-0.3, -0.25) is 0 Å². The lowest BCUT2D eigenvalue weighted by Gasteiger charge is -2.07. The van der Waals surface area contributed by atoms with E-state index in [0.29, 0.717) is 10.7 Å². The monoisotopic (exact) mass is 287 g/mol. The second-order valence-electron chi connectivity index (χ2n) is 4.11.